The summed E-state index contributed by atoms with van der Waals surface area (Å²) in [5, 5.41) is 7.49. The molecule has 0 N–H and O–H groups in total. The molecule has 60 heavy (non-hydrogen) atoms. The van der Waals surface area contributed by atoms with Crippen molar-refractivity contribution in [3.05, 3.63) is 156 Å². The fourth-order valence-corrected chi connectivity index (χ4v) is 7.42. The van der Waals surface area contributed by atoms with Crippen LogP contribution < -0.4 is 9.42 Å². The van der Waals surface area contributed by atoms with Crippen LogP contribution in [0, 0.1) is 18.5 Å². The molecule has 0 radical (unpaired) electrons. The number of ether oxygens (including phenoxy) is 1. The number of rotatable bonds is 6. The van der Waals surface area contributed by atoms with Crippen molar-refractivity contribution in [3.8, 4) is 40.1 Å². The average molecular weight is 973 g/mol. The van der Waals surface area contributed by atoms with Crippen LogP contribution in [0.3, 0.4) is 0 Å². The average Bonchev–Trinajstić information content (AvgIpc) is 3.77. The van der Waals surface area contributed by atoms with E-state index in [9.17, 15) is 0 Å². The zero-order valence-corrected chi connectivity index (χ0v) is 39.2. The first-order chi connectivity index (χ1) is 27.7. The molecule has 0 spiro atoms. The third-order valence-corrected chi connectivity index (χ3v) is 11.1. The van der Waals surface area contributed by atoms with Crippen LogP contribution in [0.2, 0.25) is 0 Å². The number of aromatic nitrogens is 5. The molecule has 0 aliphatic rings. The first-order valence-electron chi connectivity index (χ1n) is 20.6. The van der Waals surface area contributed by atoms with Gasteiger partial charge in [-0.2, -0.15) is 22.9 Å². The minimum atomic E-state index is -0.0667. The molecule has 5 aromatic carbocycles. The molecule has 0 atom stereocenters. The Morgan fingerprint density at radius 3 is 1.88 bits per heavy atom. The first-order valence-corrected chi connectivity index (χ1v) is 20.6. The second-order valence-electron chi connectivity index (χ2n) is 19.9. The third-order valence-electron chi connectivity index (χ3n) is 11.1. The fraction of sp³-hybridized carbons (Fsp3) is 0.302. The minimum absolute atomic E-state index is 0. The van der Waals surface area contributed by atoms with E-state index in [-0.39, 0.29) is 42.7 Å². The molecular weight excluding hydrogens is 918 g/mol. The molecule has 0 aliphatic heterocycles. The number of pyridine rings is 1. The van der Waals surface area contributed by atoms with E-state index in [1.165, 1.54) is 22.3 Å². The Balaban J connectivity index is 0.00000544. The Morgan fingerprint density at radius 2 is 1.20 bits per heavy atom. The predicted molar refractivity (Wildman–Crippen MR) is 240 cm³/mol. The molecule has 8 aromatic rings. The molecular formula is C53H55N5OPt-2. The molecule has 0 unspecified atom stereocenters. The van der Waals surface area contributed by atoms with Crippen molar-refractivity contribution in [1.82, 2.24) is 19.2 Å². The molecule has 8 rings (SSSR count). The zero-order chi connectivity index (χ0) is 42.1. The predicted octanol–water partition coefficient (Wildman–Crippen LogP) is 12.7. The molecule has 0 saturated heterocycles. The quantitative estimate of drug-likeness (QED) is 0.123. The van der Waals surface area contributed by atoms with Gasteiger partial charge in [0.05, 0.1) is 5.69 Å². The van der Waals surface area contributed by atoms with E-state index in [1.54, 1.807) is 0 Å². The number of benzene rings is 5. The van der Waals surface area contributed by atoms with Crippen LogP contribution >= 0.6 is 0 Å². The Kier molecular flexibility index (Phi) is 11.1. The van der Waals surface area contributed by atoms with Gasteiger partial charge in [0.2, 0.25) is 0 Å². The second-order valence-corrected chi connectivity index (χ2v) is 19.9. The van der Waals surface area contributed by atoms with Crippen LogP contribution in [-0.4, -0.2) is 19.2 Å². The summed E-state index contributed by atoms with van der Waals surface area (Å²) in [4.78, 5) is 4.85. The van der Waals surface area contributed by atoms with Gasteiger partial charge in [-0.1, -0.05) is 155 Å². The van der Waals surface area contributed by atoms with Crippen molar-refractivity contribution in [3.63, 3.8) is 0 Å². The summed E-state index contributed by atoms with van der Waals surface area (Å²) in [5.41, 5.74) is 9.43. The number of hydrogen-bond acceptors (Lipinski definition) is 3. The van der Waals surface area contributed by atoms with Gasteiger partial charge in [0.25, 0.3) is 6.33 Å². The molecule has 310 valence electrons. The van der Waals surface area contributed by atoms with E-state index in [4.69, 9.17) is 14.8 Å². The summed E-state index contributed by atoms with van der Waals surface area (Å²) in [7, 11) is 0. The fourth-order valence-electron chi connectivity index (χ4n) is 7.42. The van der Waals surface area contributed by atoms with Crippen LogP contribution in [0.15, 0.2) is 115 Å². The van der Waals surface area contributed by atoms with Crippen molar-refractivity contribution < 1.29 is 30.5 Å². The van der Waals surface area contributed by atoms with E-state index in [2.05, 4.69) is 191 Å². The summed E-state index contributed by atoms with van der Waals surface area (Å²) < 4.78 is 12.7. The van der Waals surface area contributed by atoms with Crippen molar-refractivity contribution in [2.24, 2.45) is 0 Å². The maximum atomic E-state index is 6.63. The van der Waals surface area contributed by atoms with Crippen LogP contribution in [0.5, 0.6) is 11.5 Å². The Hall–Kier alpha value is -5.32. The van der Waals surface area contributed by atoms with E-state index < -0.39 is 0 Å². The summed E-state index contributed by atoms with van der Waals surface area (Å²) in [5.74, 6) is 2.75. The second kappa shape index (κ2) is 15.6. The van der Waals surface area contributed by atoms with Crippen LogP contribution in [0.1, 0.15) is 105 Å². The van der Waals surface area contributed by atoms with Gasteiger partial charge in [-0.3, -0.25) is 0 Å². The van der Waals surface area contributed by atoms with Gasteiger partial charge in [-0.15, -0.1) is 34.8 Å². The molecule has 0 bridgehead atoms. The monoisotopic (exact) mass is 972 g/mol. The van der Waals surface area contributed by atoms with Gasteiger partial charge in [-0.05, 0) is 67.5 Å². The molecule has 7 heteroatoms. The number of hydrogen-bond donors (Lipinski definition) is 0. The summed E-state index contributed by atoms with van der Waals surface area (Å²) in [6.07, 6.45) is 5.49. The largest absolute Gasteiger partial charge is 0.510 e. The Labute approximate surface area is 370 Å². The van der Waals surface area contributed by atoms with Gasteiger partial charge < -0.3 is 13.9 Å². The smallest absolute Gasteiger partial charge is 0.272 e. The van der Waals surface area contributed by atoms with Gasteiger partial charge in [0.1, 0.15) is 5.82 Å². The van der Waals surface area contributed by atoms with Crippen molar-refractivity contribution in [1.29, 1.82) is 0 Å². The number of para-hydroxylation sites is 1. The Bertz CT molecular complexity index is 2820. The molecule has 3 aromatic heterocycles. The van der Waals surface area contributed by atoms with Gasteiger partial charge in [0, 0.05) is 49.8 Å². The topological polar surface area (TPSA) is 48.8 Å². The third kappa shape index (κ3) is 8.50. The molecule has 0 fully saturated rings. The van der Waals surface area contributed by atoms with Gasteiger partial charge >= 0.3 is 0 Å². The summed E-state index contributed by atoms with van der Waals surface area (Å²) in [6, 6.07) is 45.4. The normalized spacial score (nSPS) is 12.5. The van der Waals surface area contributed by atoms with E-state index >= 15 is 0 Å². The van der Waals surface area contributed by atoms with Crippen LogP contribution in [-0.2, 0) is 42.7 Å². The van der Waals surface area contributed by atoms with Crippen molar-refractivity contribution in [2.75, 3.05) is 0 Å². The summed E-state index contributed by atoms with van der Waals surface area (Å²) in [6.45, 7) is 26.9. The minimum Gasteiger partial charge on any atom is -0.510 e. The van der Waals surface area contributed by atoms with E-state index in [1.807, 2.05) is 39.7 Å². The van der Waals surface area contributed by atoms with Crippen LogP contribution in [0.25, 0.3) is 50.4 Å². The summed E-state index contributed by atoms with van der Waals surface area (Å²) >= 11 is 0. The standard InChI is InChI=1S/C53H55N5O.Pt/c1-50(2,3)36-17-15-19-41(30-36)57-34-56(49(55-57)35-27-38(52(7,8)9)29-39(28-35)53(10,11)12)40-18-16-20-42(32-40)59-43-23-24-45-44-21-13-14-22-46(44)58(47(45)33-43)48-31-37(25-26-54-48)51(4,5)6;/h13-31H,1-12H3;/q-2;. The van der Waals surface area contributed by atoms with Crippen molar-refractivity contribution in [2.45, 2.75) is 105 Å². The molecule has 6 nitrogen and oxygen atoms in total. The molecule has 0 saturated carbocycles. The number of nitrogens with zero attached hydrogens (tertiary/aromatic N) is 5. The Morgan fingerprint density at radius 1 is 0.567 bits per heavy atom. The molecule has 0 aliphatic carbocycles. The van der Waals surface area contributed by atoms with Gasteiger partial charge in [-0.25, -0.2) is 4.98 Å². The zero-order valence-electron chi connectivity index (χ0n) is 36.9. The maximum absolute atomic E-state index is 6.63. The number of fused-ring (bicyclic) bond motifs is 3. The van der Waals surface area contributed by atoms with Crippen LogP contribution in [0.4, 0.5) is 0 Å². The molecule has 0 amide bonds. The van der Waals surface area contributed by atoms with E-state index in [0.29, 0.717) is 11.5 Å². The van der Waals surface area contributed by atoms with Crippen molar-refractivity contribution >= 4 is 21.8 Å². The maximum Gasteiger partial charge on any atom is 0.272 e. The SMILES string of the molecule is CC(C)(C)c1cccc(-[n+]2[c-]n(-c3[c-]c(Oc4[c-]c5c(cc4)c4ccccc4n5-c4cc(C(C)(C)C)ccn4)ccc3)c(-c3cc(C(C)(C)C)cc(C(C)(C)C)c3)n2)c1.[Pt]. The van der Waals surface area contributed by atoms with E-state index in [0.717, 1.165) is 50.4 Å². The molecule has 3 heterocycles. The first kappa shape index (κ1) is 42.8. The van der Waals surface area contributed by atoms with Gasteiger partial charge in [0.15, 0.2) is 5.82 Å².